The van der Waals surface area contributed by atoms with E-state index in [1.165, 1.54) is 0 Å². The van der Waals surface area contributed by atoms with Crippen molar-refractivity contribution in [3.63, 3.8) is 0 Å². The fraction of sp³-hybridized carbons (Fsp3) is 0.737. The summed E-state index contributed by atoms with van der Waals surface area (Å²) in [6.07, 6.45) is 6.49. The van der Waals surface area contributed by atoms with Crippen LogP contribution in [-0.4, -0.2) is 45.9 Å². The van der Waals surface area contributed by atoms with Crippen LogP contribution in [0.3, 0.4) is 0 Å². The van der Waals surface area contributed by atoms with Gasteiger partial charge in [0.25, 0.3) is 6.01 Å². The molecule has 0 amide bonds. The molecule has 0 bridgehead atoms. The molecule has 27 heavy (non-hydrogen) atoms. The van der Waals surface area contributed by atoms with Crippen molar-refractivity contribution in [2.45, 2.75) is 65.0 Å². The van der Waals surface area contributed by atoms with Gasteiger partial charge in [0.15, 0.2) is 17.0 Å². The molecule has 3 heterocycles. The Labute approximate surface area is 160 Å². The van der Waals surface area contributed by atoms with Crippen LogP contribution in [0.2, 0.25) is 0 Å². The Balaban J connectivity index is 1.78. The van der Waals surface area contributed by atoms with E-state index in [9.17, 15) is 0 Å². The molecular weight excluding hydrogens is 346 g/mol. The lowest BCUT2D eigenvalue weighted by atomic mass is 9.95. The van der Waals surface area contributed by atoms with Crippen LogP contribution in [0.5, 0.6) is 12.0 Å². The molecular formula is C19H31N5O3. The second-order valence-electron chi connectivity index (χ2n) is 7.23. The topological polar surface area (TPSA) is 97.3 Å². The average molecular weight is 377 g/mol. The fourth-order valence-corrected chi connectivity index (χ4v) is 3.61. The molecule has 0 aromatic carbocycles. The smallest absolute Gasteiger partial charge is 0.320 e. The van der Waals surface area contributed by atoms with Crippen LogP contribution in [0.25, 0.3) is 11.2 Å². The Morgan fingerprint density at radius 3 is 2.74 bits per heavy atom. The van der Waals surface area contributed by atoms with Crippen molar-refractivity contribution in [1.82, 2.24) is 19.5 Å². The van der Waals surface area contributed by atoms with Crippen molar-refractivity contribution < 1.29 is 14.2 Å². The number of imidazole rings is 1. The largest absolute Gasteiger partial charge is 0.468 e. The van der Waals surface area contributed by atoms with E-state index in [-0.39, 0.29) is 6.10 Å². The summed E-state index contributed by atoms with van der Waals surface area (Å²) in [7, 11) is 1.61. The molecule has 1 atom stereocenters. The van der Waals surface area contributed by atoms with Crippen LogP contribution in [0.1, 0.15) is 52.4 Å². The third-order valence-electron chi connectivity index (χ3n) is 5.09. The average Bonchev–Trinajstić information content (AvgIpc) is 3.01. The van der Waals surface area contributed by atoms with E-state index in [0.717, 1.165) is 64.2 Å². The Hall–Kier alpha value is -2.09. The lowest BCUT2D eigenvalue weighted by Crippen LogP contribution is -2.16. The third kappa shape index (κ3) is 4.80. The molecule has 0 spiro atoms. The SMILES string of the molecule is CCCC(C)Oc1nc(N)c2nc(OC)n(CCCC3CCOCC3)c2n1. The number of rotatable bonds is 9. The summed E-state index contributed by atoms with van der Waals surface area (Å²) in [6, 6.07) is 0.811. The Kier molecular flexibility index (Phi) is 6.71. The molecule has 1 fully saturated rings. The Morgan fingerprint density at radius 1 is 1.26 bits per heavy atom. The Morgan fingerprint density at radius 2 is 2.04 bits per heavy atom. The van der Waals surface area contributed by atoms with Gasteiger partial charge in [0, 0.05) is 19.8 Å². The first-order valence-corrected chi connectivity index (χ1v) is 9.94. The lowest BCUT2D eigenvalue weighted by Gasteiger charge is -2.21. The number of aryl methyl sites for hydroxylation is 1. The molecule has 2 aromatic rings. The molecule has 150 valence electrons. The maximum absolute atomic E-state index is 6.11. The van der Waals surface area contributed by atoms with Crippen LogP contribution in [-0.2, 0) is 11.3 Å². The highest BCUT2D eigenvalue weighted by Crippen LogP contribution is 2.27. The number of nitrogens with zero attached hydrogens (tertiary/aromatic N) is 4. The van der Waals surface area contributed by atoms with E-state index in [2.05, 4.69) is 21.9 Å². The minimum absolute atomic E-state index is 0.0404. The predicted molar refractivity (Wildman–Crippen MR) is 104 cm³/mol. The van der Waals surface area contributed by atoms with Gasteiger partial charge in [-0.15, -0.1) is 0 Å². The van der Waals surface area contributed by atoms with Crippen LogP contribution in [0.15, 0.2) is 0 Å². The van der Waals surface area contributed by atoms with Crippen LogP contribution >= 0.6 is 0 Å². The maximum Gasteiger partial charge on any atom is 0.320 e. The third-order valence-corrected chi connectivity index (χ3v) is 5.09. The standard InChI is InChI=1S/C19H31N5O3/c1-4-6-13(2)27-18-22-16(20)15-17(23-18)24(19(21-15)25-3)10-5-7-14-8-11-26-12-9-14/h13-14H,4-12H2,1-3H3,(H2,20,22,23). The predicted octanol–water partition coefficient (Wildman–Crippen LogP) is 3.19. The first kappa shape index (κ1) is 19.7. The number of anilines is 1. The summed E-state index contributed by atoms with van der Waals surface area (Å²) in [6.45, 7) is 6.66. The molecule has 2 N–H and O–H groups in total. The molecule has 0 radical (unpaired) electrons. The highest BCUT2D eigenvalue weighted by atomic mass is 16.5. The van der Waals surface area contributed by atoms with Gasteiger partial charge in [-0.2, -0.15) is 15.0 Å². The summed E-state index contributed by atoms with van der Waals surface area (Å²) in [5, 5.41) is 0. The molecule has 3 rings (SSSR count). The zero-order valence-electron chi connectivity index (χ0n) is 16.6. The highest BCUT2D eigenvalue weighted by molar-refractivity contribution is 5.83. The maximum atomic E-state index is 6.11. The van der Waals surface area contributed by atoms with Gasteiger partial charge in [-0.3, -0.25) is 4.57 Å². The first-order valence-electron chi connectivity index (χ1n) is 9.94. The normalized spacial score (nSPS) is 16.6. The summed E-state index contributed by atoms with van der Waals surface area (Å²) in [5.74, 6) is 1.05. The van der Waals surface area contributed by atoms with Gasteiger partial charge >= 0.3 is 6.01 Å². The highest BCUT2D eigenvalue weighted by Gasteiger charge is 2.19. The van der Waals surface area contributed by atoms with Gasteiger partial charge < -0.3 is 19.9 Å². The quantitative estimate of drug-likeness (QED) is 0.716. The second-order valence-corrected chi connectivity index (χ2v) is 7.23. The van der Waals surface area contributed by atoms with Gasteiger partial charge in [0.05, 0.1) is 13.2 Å². The zero-order chi connectivity index (χ0) is 19.2. The molecule has 1 aliphatic rings. The molecule has 8 heteroatoms. The van der Waals surface area contributed by atoms with Crippen molar-refractivity contribution in [3.05, 3.63) is 0 Å². The van der Waals surface area contributed by atoms with E-state index in [0.29, 0.717) is 29.0 Å². The number of methoxy groups -OCH3 is 1. The van der Waals surface area contributed by atoms with Crippen molar-refractivity contribution in [2.24, 2.45) is 5.92 Å². The van der Waals surface area contributed by atoms with Crippen LogP contribution < -0.4 is 15.2 Å². The van der Waals surface area contributed by atoms with Gasteiger partial charge in [0.2, 0.25) is 0 Å². The van der Waals surface area contributed by atoms with Crippen molar-refractivity contribution in [3.8, 4) is 12.0 Å². The molecule has 2 aromatic heterocycles. The number of ether oxygens (including phenoxy) is 3. The van der Waals surface area contributed by atoms with Crippen molar-refractivity contribution in [1.29, 1.82) is 0 Å². The minimum Gasteiger partial charge on any atom is -0.468 e. The molecule has 0 aliphatic carbocycles. The number of aromatic nitrogens is 4. The Bertz CT molecular complexity index is 743. The lowest BCUT2D eigenvalue weighted by molar-refractivity contribution is 0.0629. The number of nitrogens with two attached hydrogens (primary N) is 1. The molecule has 1 aliphatic heterocycles. The van der Waals surface area contributed by atoms with Gasteiger partial charge in [-0.05, 0) is 44.9 Å². The van der Waals surface area contributed by atoms with E-state index < -0.39 is 0 Å². The summed E-state index contributed by atoms with van der Waals surface area (Å²) < 4.78 is 18.7. The molecule has 0 saturated carbocycles. The second kappa shape index (κ2) is 9.21. The summed E-state index contributed by atoms with van der Waals surface area (Å²) >= 11 is 0. The van der Waals surface area contributed by atoms with E-state index in [1.807, 2.05) is 11.5 Å². The monoisotopic (exact) mass is 377 g/mol. The van der Waals surface area contributed by atoms with E-state index >= 15 is 0 Å². The van der Waals surface area contributed by atoms with Gasteiger partial charge in [0.1, 0.15) is 0 Å². The van der Waals surface area contributed by atoms with E-state index in [1.54, 1.807) is 7.11 Å². The zero-order valence-corrected chi connectivity index (χ0v) is 16.6. The first-order chi connectivity index (χ1) is 13.1. The van der Waals surface area contributed by atoms with Crippen LogP contribution in [0, 0.1) is 5.92 Å². The number of hydrogen-bond donors (Lipinski definition) is 1. The van der Waals surface area contributed by atoms with Gasteiger partial charge in [-0.1, -0.05) is 13.3 Å². The number of nitrogen functional groups attached to an aromatic ring is 1. The fourth-order valence-electron chi connectivity index (χ4n) is 3.61. The summed E-state index contributed by atoms with van der Waals surface area (Å²) in [4.78, 5) is 13.3. The number of hydrogen-bond acceptors (Lipinski definition) is 7. The van der Waals surface area contributed by atoms with E-state index in [4.69, 9.17) is 19.9 Å². The molecule has 1 unspecified atom stereocenters. The minimum atomic E-state index is 0.0404. The van der Waals surface area contributed by atoms with Gasteiger partial charge in [-0.25, -0.2) is 0 Å². The van der Waals surface area contributed by atoms with Crippen molar-refractivity contribution in [2.75, 3.05) is 26.1 Å². The van der Waals surface area contributed by atoms with Crippen molar-refractivity contribution >= 4 is 17.0 Å². The molecule has 1 saturated heterocycles. The molecule has 8 nitrogen and oxygen atoms in total. The summed E-state index contributed by atoms with van der Waals surface area (Å²) in [5.41, 5.74) is 7.35. The van der Waals surface area contributed by atoms with Crippen LogP contribution in [0.4, 0.5) is 5.82 Å². The number of fused-ring (bicyclic) bond motifs is 1.